The van der Waals surface area contributed by atoms with Gasteiger partial charge in [0.1, 0.15) is 37.9 Å². The van der Waals surface area contributed by atoms with E-state index in [1.807, 2.05) is 24.3 Å². The number of carbonyl (C=O) groups excluding carboxylic acids is 2. The molecule has 0 aromatic heterocycles. The Labute approximate surface area is 276 Å². The van der Waals surface area contributed by atoms with E-state index >= 15 is 0 Å². The van der Waals surface area contributed by atoms with Crippen molar-refractivity contribution in [3.8, 4) is 11.5 Å². The van der Waals surface area contributed by atoms with Crippen molar-refractivity contribution in [2.75, 3.05) is 26.4 Å². The number of hydrogen-bond donors (Lipinski definition) is 0. The van der Waals surface area contributed by atoms with Crippen LogP contribution in [-0.2, 0) is 22.3 Å². The van der Waals surface area contributed by atoms with Crippen LogP contribution in [0.5, 0.6) is 11.5 Å². The molecule has 0 aliphatic heterocycles. The smallest absolute Gasteiger partial charge is 0.339 e. The van der Waals surface area contributed by atoms with Crippen molar-refractivity contribution in [1.29, 1.82) is 0 Å². The molecule has 0 N–H and O–H groups in total. The normalized spacial score (nSPS) is 10.8. The number of esters is 2. The zero-order chi connectivity index (χ0) is 32.7. The van der Waals surface area contributed by atoms with Crippen molar-refractivity contribution in [1.82, 2.24) is 0 Å². The van der Waals surface area contributed by atoms with Crippen molar-refractivity contribution >= 4 is 11.9 Å². The van der Waals surface area contributed by atoms with Crippen molar-refractivity contribution in [3.05, 3.63) is 95.1 Å². The minimum atomic E-state index is -0.595. The molecular formula is C40H54O6. The summed E-state index contributed by atoms with van der Waals surface area (Å²) in [6.07, 6.45) is 17.6. The molecule has 0 bridgehead atoms. The van der Waals surface area contributed by atoms with E-state index in [-0.39, 0.29) is 37.6 Å². The van der Waals surface area contributed by atoms with Crippen LogP contribution in [0.25, 0.3) is 0 Å². The van der Waals surface area contributed by atoms with Gasteiger partial charge in [-0.2, -0.15) is 0 Å². The average molecular weight is 631 g/mol. The molecule has 0 saturated carbocycles. The summed E-state index contributed by atoms with van der Waals surface area (Å²) in [5.74, 6) is 0.279. The van der Waals surface area contributed by atoms with Gasteiger partial charge in [0.15, 0.2) is 0 Å². The quantitative estimate of drug-likeness (QED) is 0.0725. The van der Waals surface area contributed by atoms with Crippen LogP contribution >= 0.6 is 0 Å². The summed E-state index contributed by atoms with van der Waals surface area (Å²) in [5, 5.41) is 0. The van der Waals surface area contributed by atoms with Gasteiger partial charge < -0.3 is 18.9 Å². The Morgan fingerprint density at radius 3 is 1.22 bits per heavy atom. The molecule has 0 heterocycles. The second kappa shape index (κ2) is 22.7. The number of unbranched alkanes of at least 4 members (excludes halogenated alkanes) is 10. The first-order valence-electron chi connectivity index (χ1n) is 17.5. The Morgan fingerprint density at radius 1 is 0.457 bits per heavy atom. The van der Waals surface area contributed by atoms with E-state index in [4.69, 9.17) is 18.9 Å². The maximum atomic E-state index is 12.8. The van der Waals surface area contributed by atoms with Crippen LogP contribution in [0.2, 0.25) is 0 Å². The van der Waals surface area contributed by atoms with Crippen molar-refractivity contribution in [3.63, 3.8) is 0 Å². The van der Waals surface area contributed by atoms with Crippen LogP contribution in [0.15, 0.2) is 72.8 Å². The first-order valence-corrected chi connectivity index (χ1v) is 17.5. The van der Waals surface area contributed by atoms with Crippen LogP contribution in [0.3, 0.4) is 0 Å². The topological polar surface area (TPSA) is 71.1 Å². The van der Waals surface area contributed by atoms with E-state index in [2.05, 4.69) is 38.1 Å². The Morgan fingerprint density at radius 2 is 0.826 bits per heavy atom. The van der Waals surface area contributed by atoms with Crippen LogP contribution in [0.1, 0.15) is 123 Å². The zero-order valence-electron chi connectivity index (χ0n) is 28.1. The predicted octanol–water partition coefficient (Wildman–Crippen LogP) is 9.96. The number of rotatable bonds is 24. The van der Waals surface area contributed by atoms with Gasteiger partial charge in [-0.25, -0.2) is 9.59 Å². The minimum Gasteiger partial charge on any atom is -0.490 e. The summed E-state index contributed by atoms with van der Waals surface area (Å²) in [4.78, 5) is 25.5. The third-order valence-electron chi connectivity index (χ3n) is 8.02. The summed E-state index contributed by atoms with van der Waals surface area (Å²) >= 11 is 0. The van der Waals surface area contributed by atoms with Crippen LogP contribution in [-0.4, -0.2) is 38.4 Å². The maximum absolute atomic E-state index is 12.8. The van der Waals surface area contributed by atoms with E-state index in [1.54, 1.807) is 24.3 Å². The molecule has 3 rings (SSSR count). The molecule has 0 aliphatic carbocycles. The molecule has 0 amide bonds. The summed E-state index contributed by atoms with van der Waals surface area (Å²) in [6, 6.07) is 22.7. The number of hydrogen-bond acceptors (Lipinski definition) is 6. The van der Waals surface area contributed by atoms with E-state index in [9.17, 15) is 9.59 Å². The molecule has 0 spiro atoms. The number of benzene rings is 3. The first-order chi connectivity index (χ1) is 22.6. The Kier molecular flexibility index (Phi) is 18.1. The standard InChI is InChI=1S/C40H54O6/c1-3-5-7-9-11-13-17-33-21-25-35(26-22-33)43-29-31-45-39(41)37-19-15-16-20-38(37)40(42)46-32-30-44-36-27-23-34(24-28-36)18-14-12-10-8-6-4-2/h15-16,19-28H,3-14,17-18,29-32H2,1-2H3. The highest BCUT2D eigenvalue weighted by molar-refractivity contribution is 6.03. The minimum absolute atomic E-state index is 0.0628. The molecule has 0 fully saturated rings. The lowest BCUT2D eigenvalue weighted by molar-refractivity contribution is 0.0405. The highest BCUT2D eigenvalue weighted by atomic mass is 16.6. The van der Waals surface area contributed by atoms with E-state index in [0.717, 1.165) is 24.3 Å². The molecule has 3 aromatic carbocycles. The van der Waals surface area contributed by atoms with Crippen molar-refractivity contribution in [2.45, 2.75) is 104 Å². The second-order valence-corrected chi connectivity index (χ2v) is 11.8. The van der Waals surface area contributed by atoms with E-state index < -0.39 is 11.9 Å². The molecule has 0 unspecified atom stereocenters. The lowest BCUT2D eigenvalue weighted by Crippen LogP contribution is -2.18. The van der Waals surface area contributed by atoms with Gasteiger partial charge in [-0.15, -0.1) is 0 Å². The van der Waals surface area contributed by atoms with Crippen molar-refractivity contribution in [2.24, 2.45) is 0 Å². The Hall–Kier alpha value is -3.80. The van der Waals surface area contributed by atoms with Gasteiger partial charge >= 0.3 is 11.9 Å². The average Bonchev–Trinajstić information content (AvgIpc) is 3.09. The fourth-order valence-corrected chi connectivity index (χ4v) is 5.31. The molecule has 0 saturated heterocycles. The molecule has 250 valence electrons. The lowest BCUT2D eigenvalue weighted by Gasteiger charge is -2.11. The molecule has 0 atom stereocenters. The number of carbonyl (C=O) groups is 2. The highest BCUT2D eigenvalue weighted by Gasteiger charge is 2.19. The number of aryl methyl sites for hydroxylation is 2. The van der Waals surface area contributed by atoms with Gasteiger partial charge in [-0.3, -0.25) is 0 Å². The van der Waals surface area contributed by atoms with Crippen molar-refractivity contribution < 1.29 is 28.5 Å². The molecular weight excluding hydrogens is 576 g/mol. The van der Waals surface area contributed by atoms with Gasteiger partial charge in [0.25, 0.3) is 0 Å². The van der Waals surface area contributed by atoms with E-state index in [1.165, 1.54) is 88.2 Å². The second-order valence-electron chi connectivity index (χ2n) is 11.8. The van der Waals surface area contributed by atoms with E-state index in [0.29, 0.717) is 0 Å². The molecule has 0 radical (unpaired) electrons. The summed E-state index contributed by atoms with van der Waals surface area (Å²) in [6.45, 7) is 5.03. The summed E-state index contributed by atoms with van der Waals surface area (Å²) in [7, 11) is 0. The van der Waals surface area contributed by atoms with Gasteiger partial charge in [0, 0.05) is 0 Å². The monoisotopic (exact) mass is 630 g/mol. The molecule has 46 heavy (non-hydrogen) atoms. The fourth-order valence-electron chi connectivity index (χ4n) is 5.31. The molecule has 3 aromatic rings. The largest absolute Gasteiger partial charge is 0.490 e. The van der Waals surface area contributed by atoms with Gasteiger partial charge in [0.05, 0.1) is 11.1 Å². The molecule has 6 nitrogen and oxygen atoms in total. The van der Waals surface area contributed by atoms with Gasteiger partial charge in [-0.05, 0) is 73.2 Å². The third-order valence-corrected chi connectivity index (χ3v) is 8.02. The number of ether oxygens (including phenoxy) is 4. The van der Waals surface area contributed by atoms with Gasteiger partial charge in [-0.1, -0.05) is 114 Å². The summed E-state index contributed by atoms with van der Waals surface area (Å²) < 4.78 is 22.3. The van der Waals surface area contributed by atoms with Crippen LogP contribution in [0, 0.1) is 0 Å². The lowest BCUT2D eigenvalue weighted by atomic mass is 10.0. The molecule has 6 heteroatoms. The maximum Gasteiger partial charge on any atom is 0.339 e. The zero-order valence-corrected chi connectivity index (χ0v) is 28.1. The summed E-state index contributed by atoms with van der Waals surface area (Å²) in [5.41, 5.74) is 2.93. The predicted molar refractivity (Wildman–Crippen MR) is 185 cm³/mol. The van der Waals surface area contributed by atoms with Gasteiger partial charge in [0.2, 0.25) is 0 Å². The Bertz CT molecular complexity index is 1150. The van der Waals surface area contributed by atoms with Crippen LogP contribution in [0.4, 0.5) is 0 Å². The Balaban J connectivity index is 1.32. The van der Waals surface area contributed by atoms with Crippen LogP contribution < -0.4 is 9.47 Å². The fraction of sp³-hybridized carbons (Fsp3) is 0.500. The first kappa shape index (κ1) is 36.7. The molecule has 0 aliphatic rings. The highest BCUT2D eigenvalue weighted by Crippen LogP contribution is 2.17. The third kappa shape index (κ3) is 14.5. The SMILES string of the molecule is CCCCCCCCc1ccc(OCCOC(=O)c2ccccc2C(=O)OCCOc2ccc(CCCCCCCC)cc2)cc1.